The van der Waals surface area contributed by atoms with Gasteiger partial charge in [0.2, 0.25) is 5.91 Å². The summed E-state index contributed by atoms with van der Waals surface area (Å²) in [5, 5.41) is 0. The van der Waals surface area contributed by atoms with Gasteiger partial charge in [0, 0.05) is 42.3 Å². The number of rotatable bonds is 8. The molecule has 25 heavy (non-hydrogen) atoms. The molecule has 0 aliphatic heterocycles. The Morgan fingerprint density at radius 1 is 1.16 bits per heavy atom. The standard InChI is InChI=1S/C19H22FNO3S/c1-21(13-14-8-9-15(23-2)12-17(14)24-3)19(22)10-11-25-18-7-5-4-6-16(18)20/h4-9,12H,10-11,13H2,1-3H3. The summed E-state index contributed by atoms with van der Waals surface area (Å²) in [6.45, 7) is 0.441. The number of carbonyl (C=O) groups excluding carboxylic acids is 1. The summed E-state index contributed by atoms with van der Waals surface area (Å²) in [6.07, 6.45) is 0.341. The third kappa shape index (κ3) is 5.39. The zero-order valence-corrected chi connectivity index (χ0v) is 15.4. The van der Waals surface area contributed by atoms with Crippen LogP contribution in [0.4, 0.5) is 4.39 Å². The highest BCUT2D eigenvalue weighted by atomic mass is 32.2. The van der Waals surface area contributed by atoms with Gasteiger partial charge in [-0.15, -0.1) is 11.8 Å². The molecular weight excluding hydrogens is 341 g/mol. The van der Waals surface area contributed by atoms with Crippen molar-refractivity contribution >= 4 is 17.7 Å². The first-order valence-corrected chi connectivity index (χ1v) is 8.86. The molecule has 4 nitrogen and oxygen atoms in total. The molecule has 0 N–H and O–H groups in total. The van der Waals surface area contributed by atoms with Gasteiger partial charge in [-0.25, -0.2) is 4.39 Å². The predicted molar refractivity (Wildman–Crippen MR) is 97.8 cm³/mol. The van der Waals surface area contributed by atoms with E-state index in [9.17, 15) is 9.18 Å². The van der Waals surface area contributed by atoms with Crippen molar-refractivity contribution in [2.45, 2.75) is 17.9 Å². The molecule has 2 aromatic rings. The van der Waals surface area contributed by atoms with Crippen LogP contribution in [0, 0.1) is 5.82 Å². The van der Waals surface area contributed by atoms with Gasteiger partial charge in [-0.1, -0.05) is 12.1 Å². The highest BCUT2D eigenvalue weighted by molar-refractivity contribution is 7.99. The molecule has 6 heteroatoms. The normalized spacial score (nSPS) is 10.4. The lowest BCUT2D eigenvalue weighted by Crippen LogP contribution is -2.26. The van der Waals surface area contributed by atoms with Gasteiger partial charge in [-0.2, -0.15) is 0 Å². The maximum absolute atomic E-state index is 13.6. The number of methoxy groups -OCH3 is 2. The molecular formula is C19H22FNO3S. The van der Waals surface area contributed by atoms with E-state index >= 15 is 0 Å². The summed E-state index contributed by atoms with van der Waals surface area (Å²) < 4.78 is 24.1. The van der Waals surface area contributed by atoms with Crippen LogP contribution in [0.2, 0.25) is 0 Å². The lowest BCUT2D eigenvalue weighted by molar-refractivity contribution is -0.129. The highest BCUT2D eigenvalue weighted by Crippen LogP contribution is 2.26. The van der Waals surface area contributed by atoms with Crippen molar-refractivity contribution < 1.29 is 18.7 Å². The Hall–Kier alpha value is -2.21. The number of hydrogen-bond donors (Lipinski definition) is 0. The van der Waals surface area contributed by atoms with Crippen molar-refractivity contribution in [3.8, 4) is 11.5 Å². The van der Waals surface area contributed by atoms with Crippen LogP contribution >= 0.6 is 11.8 Å². The van der Waals surface area contributed by atoms with Crippen LogP contribution in [0.25, 0.3) is 0 Å². The molecule has 0 unspecified atom stereocenters. The molecule has 0 aliphatic rings. The van der Waals surface area contributed by atoms with Gasteiger partial charge >= 0.3 is 0 Å². The Labute approximate surface area is 151 Å². The fraction of sp³-hybridized carbons (Fsp3) is 0.316. The zero-order chi connectivity index (χ0) is 18.2. The molecule has 0 bridgehead atoms. The van der Waals surface area contributed by atoms with E-state index in [0.717, 1.165) is 5.56 Å². The molecule has 1 amide bonds. The molecule has 0 radical (unpaired) electrons. The third-order valence-electron chi connectivity index (χ3n) is 3.74. The van der Waals surface area contributed by atoms with Crippen molar-refractivity contribution in [2.24, 2.45) is 0 Å². The first-order chi connectivity index (χ1) is 12.0. The molecule has 0 aliphatic carbocycles. The second kappa shape index (κ2) is 9.32. The van der Waals surface area contributed by atoms with Crippen LogP contribution in [0.1, 0.15) is 12.0 Å². The molecule has 0 fully saturated rings. The molecule has 2 aromatic carbocycles. The van der Waals surface area contributed by atoms with Crippen LogP contribution in [0.3, 0.4) is 0 Å². The van der Waals surface area contributed by atoms with Gasteiger partial charge in [0.1, 0.15) is 17.3 Å². The Morgan fingerprint density at radius 3 is 2.60 bits per heavy atom. The topological polar surface area (TPSA) is 38.8 Å². The molecule has 0 aromatic heterocycles. The lowest BCUT2D eigenvalue weighted by Gasteiger charge is -2.19. The largest absolute Gasteiger partial charge is 0.497 e. The summed E-state index contributed by atoms with van der Waals surface area (Å²) in [6, 6.07) is 12.1. The van der Waals surface area contributed by atoms with Gasteiger partial charge in [-0.05, 0) is 24.3 Å². The maximum atomic E-state index is 13.6. The van der Waals surface area contributed by atoms with Gasteiger partial charge in [0.05, 0.1) is 14.2 Å². The van der Waals surface area contributed by atoms with Crippen molar-refractivity contribution in [2.75, 3.05) is 27.0 Å². The number of benzene rings is 2. The van der Waals surface area contributed by atoms with E-state index in [1.54, 1.807) is 50.4 Å². The monoisotopic (exact) mass is 363 g/mol. The summed E-state index contributed by atoms with van der Waals surface area (Å²) in [5.41, 5.74) is 0.904. The Morgan fingerprint density at radius 2 is 1.92 bits per heavy atom. The second-order valence-corrected chi connectivity index (χ2v) is 6.59. The van der Waals surface area contributed by atoms with E-state index in [4.69, 9.17) is 9.47 Å². The number of hydrogen-bond acceptors (Lipinski definition) is 4. The number of carbonyl (C=O) groups is 1. The van der Waals surface area contributed by atoms with Gasteiger partial charge in [0.25, 0.3) is 0 Å². The van der Waals surface area contributed by atoms with Crippen LogP contribution < -0.4 is 9.47 Å². The van der Waals surface area contributed by atoms with Crippen LogP contribution in [0.15, 0.2) is 47.4 Å². The zero-order valence-electron chi connectivity index (χ0n) is 14.6. The van der Waals surface area contributed by atoms with Crippen LogP contribution in [-0.2, 0) is 11.3 Å². The van der Waals surface area contributed by atoms with E-state index in [2.05, 4.69) is 0 Å². The van der Waals surface area contributed by atoms with Crippen molar-refractivity contribution in [3.63, 3.8) is 0 Å². The first kappa shape index (κ1) is 19.1. The number of halogens is 1. The first-order valence-electron chi connectivity index (χ1n) is 7.87. The average molecular weight is 363 g/mol. The van der Waals surface area contributed by atoms with E-state index < -0.39 is 0 Å². The number of amides is 1. The molecule has 0 saturated carbocycles. The van der Waals surface area contributed by atoms with E-state index in [0.29, 0.717) is 35.1 Å². The highest BCUT2D eigenvalue weighted by Gasteiger charge is 2.13. The molecule has 0 atom stereocenters. The quantitative estimate of drug-likeness (QED) is 0.665. The van der Waals surface area contributed by atoms with Crippen LogP contribution in [0.5, 0.6) is 11.5 Å². The molecule has 0 spiro atoms. The second-order valence-electron chi connectivity index (χ2n) is 5.46. The summed E-state index contributed by atoms with van der Waals surface area (Å²) >= 11 is 1.35. The smallest absolute Gasteiger partial charge is 0.223 e. The lowest BCUT2D eigenvalue weighted by atomic mass is 10.1. The van der Waals surface area contributed by atoms with Crippen molar-refractivity contribution in [1.29, 1.82) is 0 Å². The fourth-order valence-corrected chi connectivity index (χ4v) is 3.20. The third-order valence-corrected chi connectivity index (χ3v) is 4.79. The minimum absolute atomic E-state index is 0.00158. The summed E-state index contributed by atoms with van der Waals surface area (Å²) in [7, 11) is 4.93. The predicted octanol–water partition coefficient (Wildman–Crippen LogP) is 3.98. The number of ether oxygens (including phenoxy) is 2. The molecule has 2 rings (SSSR count). The van der Waals surface area contributed by atoms with Gasteiger partial charge in [-0.3, -0.25) is 4.79 Å². The number of nitrogens with zero attached hydrogens (tertiary/aromatic N) is 1. The fourth-order valence-electron chi connectivity index (χ4n) is 2.33. The Balaban J connectivity index is 1.89. The number of thioether (sulfide) groups is 1. The van der Waals surface area contributed by atoms with Crippen molar-refractivity contribution in [1.82, 2.24) is 4.90 Å². The molecule has 0 heterocycles. The molecule has 0 saturated heterocycles. The minimum Gasteiger partial charge on any atom is -0.497 e. The average Bonchev–Trinajstić information content (AvgIpc) is 2.63. The van der Waals surface area contributed by atoms with E-state index in [1.807, 2.05) is 12.1 Å². The van der Waals surface area contributed by atoms with E-state index in [-0.39, 0.29) is 11.7 Å². The van der Waals surface area contributed by atoms with E-state index in [1.165, 1.54) is 17.8 Å². The summed E-state index contributed by atoms with van der Waals surface area (Å²) in [5.74, 6) is 1.66. The SMILES string of the molecule is COc1ccc(CN(C)C(=O)CCSc2ccccc2F)c(OC)c1. The Kier molecular flexibility index (Phi) is 7.13. The summed E-state index contributed by atoms with van der Waals surface area (Å²) in [4.78, 5) is 14.5. The van der Waals surface area contributed by atoms with Crippen molar-refractivity contribution in [3.05, 3.63) is 53.8 Å². The maximum Gasteiger partial charge on any atom is 0.223 e. The van der Waals surface area contributed by atoms with Gasteiger partial charge in [0.15, 0.2) is 0 Å². The van der Waals surface area contributed by atoms with Gasteiger partial charge < -0.3 is 14.4 Å². The molecule has 134 valence electrons. The Bertz CT molecular complexity index is 724. The minimum atomic E-state index is -0.253. The van der Waals surface area contributed by atoms with Crippen LogP contribution in [-0.4, -0.2) is 37.8 Å².